The minimum absolute atomic E-state index is 0.0324. The van der Waals surface area contributed by atoms with Crippen LogP contribution in [-0.4, -0.2) is 16.8 Å². The molecule has 0 bridgehead atoms. The minimum Gasteiger partial charge on any atom is -0.398 e. The Kier molecular flexibility index (Phi) is 4.43. The summed E-state index contributed by atoms with van der Waals surface area (Å²) < 4.78 is 0. The highest BCUT2D eigenvalue weighted by molar-refractivity contribution is 6.30. The summed E-state index contributed by atoms with van der Waals surface area (Å²) in [5, 5.41) is 20.0. The predicted molar refractivity (Wildman–Crippen MR) is 77.2 cm³/mol. The molecule has 4 heteroatoms. The second-order valence-electron chi connectivity index (χ2n) is 4.35. The smallest absolute Gasteiger partial charge is 0.106 e. The van der Waals surface area contributed by atoms with Gasteiger partial charge in [-0.05, 0) is 29.7 Å². The average Bonchev–Trinajstić information content (AvgIpc) is 2.41. The summed E-state index contributed by atoms with van der Waals surface area (Å²) in [6.07, 6.45) is -0.316. The molecule has 0 radical (unpaired) electrons. The number of aliphatic hydroxyl groups is 2. The van der Waals surface area contributed by atoms with Crippen LogP contribution in [0.1, 0.15) is 22.8 Å². The average molecular weight is 278 g/mol. The molecule has 0 aliphatic carbocycles. The van der Waals surface area contributed by atoms with Crippen molar-refractivity contribution in [3.63, 3.8) is 0 Å². The molecule has 4 N–H and O–H groups in total. The summed E-state index contributed by atoms with van der Waals surface area (Å²) in [7, 11) is 0. The van der Waals surface area contributed by atoms with Gasteiger partial charge in [0.1, 0.15) is 6.10 Å². The number of nitrogens with two attached hydrogens (primary N) is 1. The lowest BCUT2D eigenvalue weighted by molar-refractivity contribution is 0.221. The Hall–Kier alpha value is -1.55. The van der Waals surface area contributed by atoms with Crippen molar-refractivity contribution >= 4 is 17.3 Å². The van der Waals surface area contributed by atoms with E-state index in [1.165, 1.54) is 0 Å². The van der Waals surface area contributed by atoms with Gasteiger partial charge >= 0.3 is 0 Å². The number of hydrogen-bond donors (Lipinski definition) is 3. The Morgan fingerprint density at radius 3 is 2.42 bits per heavy atom. The molecule has 0 saturated carbocycles. The predicted octanol–water partition coefficient (Wildman–Crippen LogP) is 2.54. The molecule has 0 unspecified atom stereocenters. The highest BCUT2D eigenvalue weighted by atomic mass is 35.5. The number of halogens is 1. The van der Waals surface area contributed by atoms with Crippen molar-refractivity contribution in [1.29, 1.82) is 0 Å². The molecule has 19 heavy (non-hydrogen) atoms. The van der Waals surface area contributed by atoms with E-state index in [2.05, 4.69) is 0 Å². The standard InChI is InChI=1S/C15H16ClNO2/c16-12-6-4-11(5-7-12)15(19)13-3-1-2-10(8-9-18)14(13)17/h1-7,15,18-19H,8-9,17H2/t15-/m1/s1. The van der Waals surface area contributed by atoms with Crippen LogP contribution >= 0.6 is 11.6 Å². The second kappa shape index (κ2) is 6.06. The molecule has 0 aliphatic rings. The first kappa shape index (κ1) is 13.9. The van der Waals surface area contributed by atoms with Gasteiger partial charge in [-0.25, -0.2) is 0 Å². The Bertz CT molecular complexity index is 555. The van der Waals surface area contributed by atoms with E-state index in [0.29, 0.717) is 22.7 Å². The molecule has 2 aromatic rings. The summed E-state index contributed by atoms with van der Waals surface area (Å²) in [6.45, 7) is 0.0324. The molecule has 2 rings (SSSR count). The van der Waals surface area contributed by atoms with Crippen molar-refractivity contribution in [2.24, 2.45) is 0 Å². The normalized spacial score (nSPS) is 12.4. The van der Waals surface area contributed by atoms with Crippen molar-refractivity contribution in [3.8, 4) is 0 Å². The molecule has 3 nitrogen and oxygen atoms in total. The molecule has 0 heterocycles. The lowest BCUT2D eigenvalue weighted by atomic mass is 9.96. The van der Waals surface area contributed by atoms with E-state index >= 15 is 0 Å². The van der Waals surface area contributed by atoms with Crippen LogP contribution in [-0.2, 0) is 6.42 Å². The summed E-state index contributed by atoms with van der Waals surface area (Å²) in [5.74, 6) is 0. The van der Waals surface area contributed by atoms with Gasteiger partial charge in [0, 0.05) is 22.9 Å². The van der Waals surface area contributed by atoms with Gasteiger partial charge in [-0.3, -0.25) is 0 Å². The number of nitrogen functional groups attached to an aromatic ring is 1. The molecule has 0 amide bonds. The number of rotatable bonds is 4. The topological polar surface area (TPSA) is 66.5 Å². The van der Waals surface area contributed by atoms with Crippen LogP contribution in [0, 0.1) is 0 Å². The fraction of sp³-hybridized carbons (Fsp3) is 0.200. The quantitative estimate of drug-likeness (QED) is 0.753. The number of aliphatic hydroxyl groups excluding tert-OH is 2. The maximum atomic E-state index is 10.4. The van der Waals surface area contributed by atoms with Crippen LogP contribution in [0.25, 0.3) is 0 Å². The molecule has 100 valence electrons. The van der Waals surface area contributed by atoms with E-state index < -0.39 is 6.10 Å². The Balaban J connectivity index is 2.35. The zero-order valence-corrected chi connectivity index (χ0v) is 11.1. The third-order valence-corrected chi connectivity index (χ3v) is 3.34. The minimum atomic E-state index is -0.795. The van der Waals surface area contributed by atoms with Gasteiger partial charge < -0.3 is 15.9 Å². The van der Waals surface area contributed by atoms with Crippen molar-refractivity contribution in [3.05, 3.63) is 64.2 Å². The highest BCUT2D eigenvalue weighted by Gasteiger charge is 2.15. The van der Waals surface area contributed by atoms with Gasteiger partial charge in [-0.1, -0.05) is 41.9 Å². The van der Waals surface area contributed by atoms with Crippen LogP contribution in [0.3, 0.4) is 0 Å². The zero-order chi connectivity index (χ0) is 13.8. The lowest BCUT2D eigenvalue weighted by Gasteiger charge is -2.16. The van der Waals surface area contributed by atoms with Gasteiger partial charge in [0.05, 0.1) is 0 Å². The SMILES string of the molecule is Nc1c(CCO)cccc1[C@H](O)c1ccc(Cl)cc1. The summed E-state index contributed by atoms with van der Waals surface area (Å²) >= 11 is 5.83. The van der Waals surface area contributed by atoms with E-state index in [0.717, 1.165) is 11.1 Å². The molecule has 0 aromatic heterocycles. The maximum Gasteiger partial charge on any atom is 0.106 e. The summed E-state index contributed by atoms with van der Waals surface area (Å²) in [6, 6.07) is 12.5. The van der Waals surface area contributed by atoms with Crippen LogP contribution in [0.5, 0.6) is 0 Å². The van der Waals surface area contributed by atoms with Crippen LogP contribution in [0.15, 0.2) is 42.5 Å². The lowest BCUT2D eigenvalue weighted by Crippen LogP contribution is -2.07. The van der Waals surface area contributed by atoms with Gasteiger partial charge in [-0.2, -0.15) is 0 Å². The van der Waals surface area contributed by atoms with Gasteiger partial charge in [0.25, 0.3) is 0 Å². The molecule has 0 aliphatic heterocycles. The summed E-state index contributed by atoms with van der Waals surface area (Å²) in [4.78, 5) is 0. The molecule has 0 saturated heterocycles. The molecule has 0 spiro atoms. The molecular formula is C15H16ClNO2. The molecule has 2 aromatic carbocycles. The molecular weight excluding hydrogens is 262 g/mol. The van der Waals surface area contributed by atoms with Crippen molar-refractivity contribution < 1.29 is 10.2 Å². The highest BCUT2D eigenvalue weighted by Crippen LogP contribution is 2.29. The van der Waals surface area contributed by atoms with E-state index in [9.17, 15) is 5.11 Å². The van der Waals surface area contributed by atoms with E-state index in [4.69, 9.17) is 22.4 Å². The first-order valence-electron chi connectivity index (χ1n) is 6.05. The summed E-state index contributed by atoms with van der Waals surface area (Å²) in [5.41, 5.74) is 8.79. The van der Waals surface area contributed by atoms with E-state index in [1.807, 2.05) is 12.1 Å². The number of benzene rings is 2. The monoisotopic (exact) mass is 277 g/mol. The fourth-order valence-corrected chi connectivity index (χ4v) is 2.16. The first-order chi connectivity index (χ1) is 9.13. The second-order valence-corrected chi connectivity index (χ2v) is 4.78. The third kappa shape index (κ3) is 3.07. The number of hydrogen-bond acceptors (Lipinski definition) is 3. The Morgan fingerprint density at radius 2 is 1.79 bits per heavy atom. The van der Waals surface area contributed by atoms with E-state index in [-0.39, 0.29) is 6.61 Å². The number of anilines is 1. The fourth-order valence-electron chi connectivity index (χ4n) is 2.03. The number of para-hydroxylation sites is 1. The van der Waals surface area contributed by atoms with Crippen molar-refractivity contribution in [1.82, 2.24) is 0 Å². The van der Waals surface area contributed by atoms with Crippen LogP contribution in [0.4, 0.5) is 5.69 Å². The van der Waals surface area contributed by atoms with Crippen molar-refractivity contribution in [2.45, 2.75) is 12.5 Å². The van der Waals surface area contributed by atoms with Gasteiger partial charge in [0.15, 0.2) is 0 Å². The van der Waals surface area contributed by atoms with Gasteiger partial charge in [0.2, 0.25) is 0 Å². The van der Waals surface area contributed by atoms with Crippen molar-refractivity contribution in [2.75, 3.05) is 12.3 Å². The first-order valence-corrected chi connectivity index (χ1v) is 6.43. The van der Waals surface area contributed by atoms with Gasteiger partial charge in [-0.15, -0.1) is 0 Å². The van der Waals surface area contributed by atoms with E-state index in [1.54, 1.807) is 30.3 Å². The molecule has 1 atom stereocenters. The molecule has 0 fully saturated rings. The van der Waals surface area contributed by atoms with Crippen LogP contribution in [0.2, 0.25) is 5.02 Å². The zero-order valence-electron chi connectivity index (χ0n) is 10.4. The largest absolute Gasteiger partial charge is 0.398 e. The third-order valence-electron chi connectivity index (χ3n) is 3.09. The Morgan fingerprint density at radius 1 is 1.11 bits per heavy atom. The van der Waals surface area contributed by atoms with Crippen LogP contribution < -0.4 is 5.73 Å². The Labute approximate surface area is 117 Å². The maximum absolute atomic E-state index is 10.4.